The predicted molar refractivity (Wildman–Crippen MR) is 293 cm³/mol. The number of nitrogens with one attached hydrogen (secondary N) is 1. The highest BCUT2D eigenvalue weighted by Crippen LogP contribution is 2.23. The number of carbonyl (C=O) groups is 1. The Kier molecular flexibility index (Phi) is 47.1. The van der Waals surface area contributed by atoms with Crippen molar-refractivity contribution in [3.05, 3.63) is 24.3 Å². The molecular formula is C60H115NO10. The lowest BCUT2D eigenvalue weighted by molar-refractivity contribution is -0.303. The van der Waals surface area contributed by atoms with Crippen LogP contribution < -0.4 is 5.32 Å². The van der Waals surface area contributed by atoms with Crippen molar-refractivity contribution < 1.29 is 50.0 Å². The van der Waals surface area contributed by atoms with Crippen molar-refractivity contribution in [2.24, 2.45) is 0 Å². The second-order valence-electron chi connectivity index (χ2n) is 21.4. The van der Waals surface area contributed by atoms with E-state index in [1.807, 2.05) is 0 Å². The van der Waals surface area contributed by atoms with Crippen LogP contribution in [0.3, 0.4) is 0 Å². The molecule has 9 atom stereocenters. The monoisotopic (exact) mass is 1010 g/mol. The van der Waals surface area contributed by atoms with Gasteiger partial charge in [-0.3, -0.25) is 4.79 Å². The zero-order valence-corrected chi connectivity index (χ0v) is 46.0. The molecule has 0 spiro atoms. The first-order valence-corrected chi connectivity index (χ1v) is 30.2. The van der Waals surface area contributed by atoms with Crippen molar-refractivity contribution in [2.75, 3.05) is 13.2 Å². The molecule has 1 fully saturated rings. The molecule has 0 radical (unpaired) electrons. The lowest BCUT2D eigenvalue weighted by atomic mass is 9.98. The molecule has 8 N–H and O–H groups in total. The van der Waals surface area contributed by atoms with E-state index in [-0.39, 0.29) is 12.8 Å². The summed E-state index contributed by atoms with van der Waals surface area (Å²) in [7, 11) is 0. The van der Waals surface area contributed by atoms with Crippen molar-refractivity contribution in [2.45, 2.75) is 339 Å². The number of hydrogen-bond acceptors (Lipinski definition) is 10. The number of carbonyl (C=O) groups excluding carboxylic acids is 1. The number of hydrogen-bond donors (Lipinski definition) is 8. The fourth-order valence-corrected chi connectivity index (χ4v) is 9.79. The van der Waals surface area contributed by atoms with E-state index in [0.717, 1.165) is 38.5 Å². The van der Waals surface area contributed by atoms with Gasteiger partial charge >= 0.3 is 0 Å². The maximum absolute atomic E-state index is 13.2. The van der Waals surface area contributed by atoms with Crippen LogP contribution in [0, 0.1) is 0 Å². The molecule has 11 heteroatoms. The van der Waals surface area contributed by atoms with Crippen LogP contribution in [0.4, 0.5) is 0 Å². The van der Waals surface area contributed by atoms with Gasteiger partial charge in [0.05, 0.1) is 25.4 Å². The van der Waals surface area contributed by atoms with Crippen LogP contribution in [0.25, 0.3) is 0 Å². The van der Waals surface area contributed by atoms with Crippen LogP contribution in [0.1, 0.15) is 284 Å². The van der Waals surface area contributed by atoms with Crippen molar-refractivity contribution in [1.82, 2.24) is 5.32 Å². The molecule has 9 unspecified atom stereocenters. The molecule has 0 aromatic rings. The van der Waals surface area contributed by atoms with Gasteiger partial charge < -0.3 is 50.5 Å². The molecule has 1 aliphatic heterocycles. The van der Waals surface area contributed by atoms with Crippen LogP contribution in [-0.4, -0.2) is 110 Å². The molecule has 1 amide bonds. The molecule has 420 valence electrons. The predicted octanol–water partition coefficient (Wildman–Crippen LogP) is 12.9. The van der Waals surface area contributed by atoms with Gasteiger partial charge in [0.1, 0.15) is 36.6 Å². The molecule has 0 aromatic heterocycles. The zero-order chi connectivity index (χ0) is 51.8. The average Bonchev–Trinajstić information content (AvgIpc) is 3.37. The SMILES string of the molecule is CCCCCCCCCCCCC/C=C/CCCC(O)C(O)C(COC1OC(CO)C(O)C(O)C1O)NC(=O)C(O)CCCCCCCCCCCCCC/C=C\CCCCCCCCCCCCCC. The van der Waals surface area contributed by atoms with Crippen LogP contribution in [0.15, 0.2) is 24.3 Å². The number of aliphatic hydroxyl groups is 7. The van der Waals surface area contributed by atoms with Gasteiger partial charge in [-0.05, 0) is 64.2 Å². The van der Waals surface area contributed by atoms with Crippen LogP contribution in [0.5, 0.6) is 0 Å². The van der Waals surface area contributed by atoms with Gasteiger partial charge in [0.25, 0.3) is 0 Å². The Bertz CT molecular complexity index is 1200. The molecule has 11 nitrogen and oxygen atoms in total. The number of ether oxygens (including phenoxy) is 2. The molecule has 0 bridgehead atoms. The Labute approximate surface area is 435 Å². The topological polar surface area (TPSA) is 189 Å². The first-order chi connectivity index (χ1) is 34.7. The van der Waals surface area contributed by atoms with E-state index in [4.69, 9.17) is 9.47 Å². The first kappa shape index (κ1) is 67.6. The molecular weight excluding hydrogens is 895 g/mol. The summed E-state index contributed by atoms with van der Waals surface area (Å²) in [5.41, 5.74) is 0. The van der Waals surface area contributed by atoms with E-state index in [0.29, 0.717) is 12.8 Å². The van der Waals surface area contributed by atoms with Gasteiger partial charge in [0.15, 0.2) is 6.29 Å². The summed E-state index contributed by atoms with van der Waals surface area (Å²) in [5, 5.41) is 76.1. The van der Waals surface area contributed by atoms with E-state index in [1.165, 1.54) is 205 Å². The second kappa shape index (κ2) is 49.5. The summed E-state index contributed by atoms with van der Waals surface area (Å²) in [6, 6.07) is -1.18. The molecule has 0 aromatic carbocycles. The number of rotatable bonds is 52. The van der Waals surface area contributed by atoms with Crippen molar-refractivity contribution in [3.8, 4) is 0 Å². The van der Waals surface area contributed by atoms with Gasteiger partial charge in [-0.15, -0.1) is 0 Å². The summed E-state index contributed by atoms with van der Waals surface area (Å²) >= 11 is 0. The molecule has 1 rings (SSSR count). The summed E-state index contributed by atoms with van der Waals surface area (Å²) in [5.74, 6) is -0.703. The van der Waals surface area contributed by atoms with Crippen molar-refractivity contribution in [1.29, 1.82) is 0 Å². The van der Waals surface area contributed by atoms with E-state index in [1.54, 1.807) is 0 Å². The van der Waals surface area contributed by atoms with E-state index >= 15 is 0 Å². The van der Waals surface area contributed by atoms with E-state index in [9.17, 15) is 40.5 Å². The molecule has 1 saturated heterocycles. The van der Waals surface area contributed by atoms with E-state index < -0.39 is 74.2 Å². The standard InChI is InChI=1S/C60H115NO10/c1-3-5-7-9-11-13-15-17-19-21-22-23-24-25-26-27-28-29-30-31-32-34-36-38-40-42-44-46-48-53(64)59(69)61-51(50-70-60-58(68)57(67)56(66)54(49-62)71-60)55(65)52(63)47-45-43-41-39-37-35-33-20-18-16-14-12-10-8-6-4-2/h25-26,39,41,51-58,60,62-68H,3-24,27-38,40,42-50H2,1-2H3,(H,61,69)/b26-25-,41-39+. The Morgan fingerprint density at radius 3 is 1.21 bits per heavy atom. The lowest BCUT2D eigenvalue weighted by Crippen LogP contribution is -2.60. The Hall–Kier alpha value is -1.41. The maximum Gasteiger partial charge on any atom is 0.249 e. The zero-order valence-electron chi connectivity index (χ0n) is 46.0. The molecule has 1 heterocycles. The summed E-state index contributed by atoms with van der Waals surface area (Å²) in [6.45, 7) is 3.47. The molecule has 1 aliphatic rings. The second-order valence-corrected chi connectivity index (χ2v) is 21.4. The normalized spacial score (nSPS) is 20.3. The van der Waals surface area contributed by atoms with Crippen molar-refractivity contribution in [3.63, 3.8) is 0 Å². The third-order valence-electron chi connectivity index (χ3n) is 14.7. The minimum Gasteiger partial charge on any atom is -0.394 e. The van der Waals surface area contributed by atoms with Crippen LogP contribution in [0.2, 0.25) is 0 Å². The third kappa shape index (κ3) is 37.9. The Morgan fingerprint density at radius 2 is 0.831 bits per heavy atom. The smallest absolute Gasteiger partial charge is 0.249 e. The largest absolute Gasteiger partial charge is 0.394 e. The highest BCUT2D eigenvalue weighted by atomic mass is 16.7. The maximum atomic E-state index is 13.2. The number of amides is 1. The first-order valence-electron chi connectivity index (χ1n) is 30.2. The summed E-state index contributed by atoms with van der Waals surface area (Å²) in [4.78, 5) is 13.2. The van der Waals surface area contributed by atoms with Crippen LogP contribution >= 0.6 is 0 Å². The number of allylic oxidation sites excluding steroid dienone is 4. The van der Waals surface area contributed by atoms with Gasteiger partial charge in [-0.1, -0.05) is 244 Å². The lowest BCUT2D eigenvalue weighted by Gasteiger charge is -2.40. The minimum absolute atomic E-state index is 0.255. The number of unbranched alkanes of at least 4 members (excludes halogenated alkanes) is 36. The fourth-order valence-electron chi connectivity index (χ4n) is 9.79. The summed E-state index contributed by atoms with van der Waals surface area (Å²) in [6.07, 6.45) is 48.2. The Balaban J connectivity index is 2.26. The molecule has 0 aliphatic carbocycles. The molecule has 0 saturated carbocycles. The Morgan fingerprint density at radius 1 is 0.479 bits per heavy atom. The highest BCUT2D eigenvalue weighted by molar-refractivity contribution is 5.80. The quantitative estimate of drug-likeness (QED) is 0.0215. The van der Waals surface area contributed by atoms with Gasteiger partial charge in [-0.2, -0.15) is 0 Å². The van der Waals surface area contributed by atoms with Crippen molar-refractivity contribution >= 4 is 5.91 Å². The fraction of sp³-hybridized carbons (Fsp3) is 0.917. The van der Waals surface area contributed by atoms with Gasteiger partial charge in [0.2, 0.25) is 5.91 Å². The van der Waals surface area contributed by atoms with E-state index in [2.05, 4.69) is 43.5 Å². The number of aliphatic hydroxyl groups excluding tert-OH is 7. The van der Waals surface area contributed by atoms with Gasteiger partial charge in [-0.25, -0.2) is 0 Å². The van der Waals surface area contributed by atoms with Crippen LogP contribution in [-0.2, 0) is 14.3 Å². The van der Waals surface area contributed by atoms with Gasteiger partial charge in [0, 0.05) is 0 Å². The minimum atomic E-state index is -1.67. The summed E-state index contributed by atoms with van der Waals surface area (Å²) < 4.78 is 11.1. The highest BCUT2D eigenvalue weighted by Gasteiger charge is 2.44. The third-order valence-corrected chi connectivity index (χ3v) is 14.7. The average molecular weight is 1010 g/mol. The molecule has 71 heavy (non-hydrogen) atoms.